The molecule has 2 rings (SSSR count). The molecule has 0 bridgehead atoms. The maximum absolute atomic E-state index is 12.3. The normalized spacial score (nSPS) is 11.4. The second-order valence-electron chi connectivity index (χ2n) is 5.70. The summed E-state index contributed by atoms with van der Waals surface area (Å²) in [6.45, 7) is 1.61. The van der Waals surface area contributed by atoms with Crippen molar-refractivity contribution in [2.75, 3.05) is 27.4 Å². The van der Waals surface area contributed by atoms with Crippen molar-refractivity contribution in [1.29, 1.82) is 0 Å². The maximum Gasteiger partial charge on any atom is 0.339 e. The molecule has 1 unspecified atom stereocenters. The second-order valence-corrected chi connectivity index (χ2v) is 5.70. The highest BCUT2D eigenvalue weighted by molar-refractivity contribution is 5.78. The smallest absolute Gasteiger partial charge is 0.339 e. The largest absolute Gasteiger partial charge is 0.493 e. The van der Waals surface area contributed by atoms with E-state index in [2.05, 4.69) is 0 Å². The van der Waals surface area contributed by atoms with Gasteiger partial charge in [0.2, 0.25) is 0 Å². The quantitative estimate of drug-likeness (QED) is 0.579. The van der Waals surface area contributed by atoms with Crippen LogP contribution in [0.4, 0.5) is 0 Å². The lowest BCUT2D eigenvalue weighted by Gasteiger charge is -2.18. The Labute approximate surface area is 164 Å². The number of carbonyl (C=O) groups excluding carboxylic acids is 2. The highest BCUT2D eigenvalue weighted by Gasteiger charge is 2.25. The van der Waals surface area contributed by atoms with E-state index in [0.717, 1.165) is 5.56 Å². The molecule has 150 valence electrons. The number of carbonyl (C=O) groups is 2. The number of hydrogen-bond donors (Lipinski definition) is 0. The first kappa shape index (κ1) is 21.2. The summed E-state index contributed by atoms with van der Waals surface area (Å²) in [5.41, 5.74) is 1.34. The van der Waals surface area contributed by atoms with Crippen molar-refractivity contribution in [3.63, 3.8) is 0 Å². The minimum absolute atomic E-state index is 0.128. The zero-order valence-corrected chi connectivity index (χ0v) is 16.2. The molecule has 0 radical (unpaired) electrons. The van der Waals surface area contributed by atoms with E-state index in [9.17, 15) is 9.59 Å². The van der Waals surface area contributed by atoms with Crippen LogP contribution in [-0.4, -0.2) is 39.4 Å². The summed E-state index contributed by atoms with van der Waals surface area (Å²) in [5.74, 6) is -0.245. The van der Waals surface area contributed by atoms with Gasteiger partial charge in [0.05, 0.1) is 20.8 Å². The third-order valence-corrected chi connectivity index (χ3v) is 3.82. The molecule has 1 atom stereocenters. The van der Waals surface area contributed by atoms with Crippen LogP contribution in [-0.2, 0) is 30.4 Å². The SMILES string of the molecule is CCOC(=O)C(OCC(=O)OCc1ccccc1)c1ccc(OC)c(OC)c1. The number of hydrogen-bond acceptors (Lipinski definition) is 7. The molecular formula is C21H24O7. The van der Waals surface area contributed by atoms with Crippen molar-refractivity contribution in [3.05, 3.63) is 59.7 Å². The first-order chi connectivity index (χ1) is 13.6. The van der Waals surface area contributed by atoms with Gasteiger partial charge in [-0.2, -0.15) is 0 Å². The van der Waals surface area contributed by atoms with Crippen LogP contribution in [0.25, 0.3) is 0 Å². The van der Waals surface area contributed by atoms with Crippen molar-refractivity contribution < 1.29 is 33.3 Å². The van der Waals surface area contributed by atoms with Crippen LogP contribution in [0.15, 0.2) is 48.5 Å². The molecule has 0 fully saturated rings. The predicted octanol–water partition coefficient (Wildman–Crippen LogP) is 3.07. The van der Waals surface area contributed by atoms with Gasteiger partial charge in [0.1, 0.15) is 13.2 Å². The van der Waals surface area contributed by atoms with Gasteiger partial charge in [0.15, 0.2) is 17.6 Å². The summed E-state index contributed by atoms with van der Waals surface area (Å²) in [6.07, 6.45) is -1.09. The van der Waals surface area contributed by atoms with Crippen molar-refractivity contribution in [2.45, 2.75) is 19.6 Å². The lowest BCUT2D eigenvalue weighted by atomic mass is 10.1. The van der Waals surface area contributed by atoms with Crippen LogP contribution in [0.5, 0.6) is 11.5 Å². The molecule has 0 saturated carbocycles. The Morgan fingerprint density at radius 3 is 2.29 bits per heavy atom. The van der Waals surface area contributed by atoms with E-state index in [-0.39, 0.29) is 13.2 Å². The molecule has 2 aromatic carbocycles. The summed E-state index contributed by atoms with van der Waals surface area (Å²) in [6, 6.07) is 14.2. The van der Waals surface area contributed by atoms with Gasteiger partial charge >= 0.3 is 11.9 Å². The first-order valence-electron chi connectivity index (χ1n) is 8.78. The Hall–Kier alpha value is -3.06. The number of ether oxygens (including phenoxy) is 5. The summed E-state index contributed by atoms with van der Waals surface area (Å²) < 4.78 is 26.2. The molecule has 7 heteroatoms. The molecular weight excluding hydrogens is 364 g/mol. The van der Waals surface area contributed by atoms with Gasteiger partial charge in [-0.1, -0.05) is 36.4 Å². The summed E-state index contributed by atoms with van der Waals surface area (Å²) >= 11 is 0. The fourth-order valence-corrected chi connectivity index (χ4v) is 2.47. The topological polar surface area (TPSA) is 80.3 Å². The van der Waals surface area contributed by atoms with Crippen LogP contribution in [0.3, 0.4) is 0 Å². The molecule has 0 aliphatic heterocycles. The van der Waals surface area contributed by atoms with Crippen LogP contribution in [0.2, 0.25) is 0 Å². The molecule has 0 spiro atoms. The van der Waals surface area contributed by atoms with E-state index < -0.39 is 24.6 Å². The maximum atomic E-state index is 12.3. The van der Waals surface area contributed by atoms with Crippen molar-refractivity contribution >= 4 is 11.9 Å². The number of rotatable bonds is 10. The monoisotopic (exact) mass is 388 g/mol. The molecule has 7 nitrogen and oxygen atoms in total. The predicted molar refractivity (Wildman–Crippen MR) is 101 cm³/mol. The Bertz CT molecular complexity index is 774. The second kappa shape index (κ2) is 10.9. The zero-order valence-electron chi connectivity index (χ0n) is 16.2. The van der Waals surface area contributed by atoms with Gasteiger partial charge in [-0.15, -0.1) is 0 Å². The highest BCUT2D eigenvalue weighted by atomic mass is 16.6. The van der Waals surface area contributed by atoms with Gasteiger partial charge in [0, 0.05) is 0 Å². The minimum Gasteiger partial charge on any atom is -0.493 e. The summed E-state index contributed by atoms with van der Waals surface area (Å²) in [5, 5.41) is 0. The molecule has 0 aromatic heterocycles. The van der Waals surface area contributed by atoms with E-state index in [4.69, 9.17) is 23.7 Å². The Morgan fingerprint density at radius 1 is 0.929 bits per heavy atom. The zero-order chi connectivity index (χ0) is 20.4. The van der Waals surface area contributed by atoms with Crippen LogP contribution < -0.4 is 9.47 Å². The van der Waals surface area contributed by atoms with Gasteiger partial charge in [-0.05, 0) is 30.2 Å². The van der Waals surface area contributed by atoms with Crippen LogP contribution in [0, 0.1) is 0 Å². The molecule has 0 saturated heterocycles. The van der Waals surface area contributed by atoms with Crippen molar-refractivity contribution in [3.8, 4) is 11.5 Å². The van der Waals surface area contributed by atoms with Gasteiger partial charge < -0.3 is 23.7 Å². The average molecular weight is 388 g/mol. The van der Waals surface area contributed by atoms with Crippen molar-refractivity contribution in [1.82, 2.24) is 0 Å². The Balaban J connectivity index is 2.05. The lowest BCUT2D eigenvalue weighted by molar-refractivity contribution is -0.164. The molecule has 0 N–H and O–H groups in total. The molecule has 0 heterocycles. The third kappa shape index (κ3) is 5.99. The minimum atomic E-state index is -1.09. The van der Waals surface area contributed by atoms with E-state index >= 15 is 0 Å². The first-order valence-corrected chi connectivity index (χ1v) is 8.78. The highest BCUT2D eigenvalue weighted by Crippen LogP contribution is 2.31. The Kier molecular flexibility index (Phi) is 8.30. The average Bonchev–Trinajstić information content (AvgIpc) is 2.73. The fraction of sp³-hybridized carbons (Fsp3) is 0.333. The van der Waals surface area contributed by atoms with E-state index in [1.165, 1.54) is 14.2 Å². The third-order valence-electron chi connectivity index (χ3n) is 3.82. The van der Waals surface area contributed by atoms with Gasteiger partial charge in [-0.25, -0.2) is 9.59 Å². The summed E-state index contributed by atoms with van der Waals surface area (Å²) in [7, 11) is 3.00. The molecule has 28 heavy (non-hydrogen) atoms. The number of benzene rings is 2. The van der Waals surface area contributed by atoms with Gasteiger partial charge in [0.25, 0.3) is 0 Å². The molecule has 0 aliphatic rings. The number of methoxy groups -OCH3 is 2. The molecule has 0 aliphatic carbocycles. The lowest BCUT2D eigenvalue weighted by Crippen LogP contribution is -2.23. The fourth-order valence-electron chi connectivity index (χ4n) is 2.47. The van der Waals surface area contributed by atoms with E-state index in [0.29, 0.717) is 17.1 Å². The van der Waals surface area contributed by atoms with Gasteiger partial charge in [-0.3, -0.25) is 0 Å². The number of esters is 2. The molecule has 0 amide bonds. The summed E-state index contributed by atoms with van der Waals surface area (Å²) in [4.78, 5) is 24.3. The van der Waals surface area contributed by atoms with E-state index in [1.54, 1.807) is 25.1 Å². The van der Waals surface area contributed by atoms with Crippen LogP contribution in [0.1, 0.15) is 24.2 Å². The Morgan fingerprint density at radius 2 is 1.64 bits per heavy atom. The standard InChI is InChI=1S/C21H24O7/c1-4-26-21(23)20(16-10-11-17(24-2)18(12-16)25-3)28-14-19(22)27-13-15-8-6-5-7-9-15/h5-12,20H,4,13-14H2,1-3H3. The van der Waals surface area contributed by atoms with Crippen LogP contribution >= 0.6 is 0 Å². The molecule has 2 aromatic rings. The van der Waals surface area contributed by atoms with E-state index in [1.807, 2.05) is 30.3 Å². The van der Waals surface area contributed by atoms with Crippen molar-refractivity contribution in [2.24, 2.45) is 0 Å².